The van der Waals surface area contributed by atoms with Crippen LogP contribution in [0.25, 0.3) is 11.0 Å². The molecule has 0 amide bonds. The molecule has 0 radical (unpaired) electrons. The van der Waals surface area contributed by atoms with Crippen LogP contribution in [0.3, 0.4) is 0 Å². The molecule has 0 spiro atoms. The van der Waals surface area contributed by atoms with E-state index in [0.29, 0.717) is 12.4 Å². The first kappa shape index (κ1) is 13.5. The van der Waals surface area contributed by atoms with Gasteiger partial charge < -0.3 is 9.15 Å². The first-order valence-corrected chi connectivity index (χ1v) is 5.62. The van der Waals surface area contributed by atoms with E-state index in [1.165, 1.54) is 19.1 Å². The highest BCUT2D eigenvalue weighted by Crippen LogP contribution is 2.33. The zero-order valence-corrected chi connectivity index (χ0v) is 10.3. The average molecular weight is 272 g/mol. The minimum Gasteiger partial charge on any atom is -0.494 e. The molecule has 1 aromatic heterocycles. The number of halogens is 3. The third-order valence-electron chi connectivity index (χ3n) is 2.73. The van der Waals surface area contributed by atoms with Crippen LogP contribution in [0.4, 0.5) is 13.2 Å². The summed E-state index contributed by atoms with van der Waals surface area (Å²) in [5.41, 5.74) is -2.70. The number of hydrogen-bond donors (Lipinski definition) is 0. The molecule has 6 heteroatoms. The van der Waals surface area contributed by atoms with Gasteiger partial charge in [0.05, 0.1) is 6.61 Å². The summed E-state index contributed by atoms with van der Waals surface area (Å²) in [6.07, 6.45) is -4.72. The Balaban J connectivity index is 2.73. The van der Waals surface area contributed by atoms with E-state index in [2.05, 4.69) is 0 Å². The van der Waals surface area contributed by atoms with Gasteiger partial charge in [0.1, 0.15) is 16.9 Å². The molecule has 1 aromatic carbocycles. The SMILES string of the molecule is CCOc1ccc2c(C)c(C(F)(F)F)c(=O)oc2c1. The van der Waals surface area contributed by atoms with Crippen molar-refractivity contribution in [3.05, 3.63) is 39.7 Å². The maximum absolute atomic E-state index is 12.8. The van der Waals surface area contributed by atoms with Gasteiger partial charge in [0.25, 0.3) is 0 Å². The van der Waals surface area contributed by atoms with Gasteiger partial charge in [-0.2, -0.15) is 13.2 Å². The van der Waals surface area contributed by atoms with E-state index in [9.17, 15) is 18.0 Å². The molecule has 0 bridgehead atoms. The molecule has 0 saturated heterocycles. The van der Waals surface area contributed by atoms with Crippen molar-refractivity contribution >= 4 is 11.0 Å². The summed E-state index contributed by atoms with van der Waals surface area (Å²) < 4.78 is 48.2. The first-order chi connectivity index (χ1) is 8.84. The summed E-state index contributed by atoms with van der Waals surface area (Å²) in [5.74, 6) is 0.442. The molecule has 1 heterocycles. The van der Waals surface area contributed by atoms with Crippen LogP contribution < -0.4 is 10.4 Å². The molecule has 2 rings (SSSR count). The summed E-state index contributed by atoms with van der Waals surface area (Å²) in [7, 11) is 0. The third kappa shape index (κ3) is 2.43. The first-order valence-electron chi connectivity index (χ1n) is 5.62. The zero-order valence-electron chi connectivity index (χ0n) is 10.3. The van der Waals surface area contributed by atoms with Crippen molar-refractivity contribution in [2.24, 2.45) is 0 Å². The van der Waals surface area contributed by atoms with Crippen molar-refractivity contribution in [3.8, 4) is 5.75 Å². The van der Waals surface area contributed by atoms with Gasteiger partial charge in [-0.3, -0.25) is 0 Å². The van der Waals surface area contributed by atoms with E-state index in [4.69, 9.17) is 9.15 Å². The van der Waals surface area contributed by atoms with Gasteiger partial charge in [-0.1, -0.05) is 0 Å². The van der Waals surface area contributed by atoms with Gasteiger partial charge >= 0.3 is 11.8 Å². The predicted molar refractivity (Wildman–Crippen MR) is 63.4 cm³/mol. The van der Waals surface area contributed by atoms with Crippen LogP contribution >= 0.6 is 0 Å². The molecule has 0 fully saturated rings. The van der Waals surface area contributed by atoms with Crippen molar-refractivity contribution in [2.45, 2.75) is 20.0 Å². The van der Waals surface area contributed by atoms with E-state index in [1.807, 2.05) is 0 Å². The Kier molecular flexibility index (Phi) is 3.26. The maximum atomic E-state index is 12.8. The second kappa shape index (κ2) is 4.60. The lowest BCUT2D eigenvalue weighted by Gasteiger charge is -2.11. The van der Waals surface area contributed by atoms with Gasteiger partial charge in [0, 0.05) is 11.5 Å². The number of fused-ring (bicyclic) bond motifs is 1. The van der Waals surface area contributed by atoms with E-state index < -0.39 is 17.4 Å². The highest BCUT2D eigenvalue weighted by molar-refractivity contribution is 5.82. The number of rotatable bonds is 2. The van der Waals surface area contributed by atoms with Crippen molar-refractivity contribution < 1.29 is 22.3 Å². The van der Waals surface area contributed by atoms with Crippen LogP contribution in [0.2, 0.25) is 0 Å². The summed E-state index contributed by atoms with van der Waals surface area (Å²) in [6.45, 7) is 3.44. The summed E-state index contributed by atoms with van der Waals surface area (Å²) in [5, 5.41) is 0.246. The van der Waals surface area contributed by atoms with E-state index in [-0.39, 0.29) is 16.5 Å². The molecule has 0 unspecified atom stereocenters. The van der Waals surface area contributed by atoms with E-state index in [0.717, 1.165) is 0 Å². The number of benzene rings is 1. The molecule has 0 aliphatic rings. The van der Waals surface area contributed by atoms with Crippen molar-refractivity contribution in [1.29, 1.82) is 0 Å². The van der Waals surface area contributed by atoms with Crippen LogP contribution in [-0.4, -0.2) is 6.61 Å². The number of hydrogen-bond acceptors (Lipinski definition) is 3. The molecular formula is C13H11F3O3. The lowest BCUT2D eigenvalue weighted by Crippen LogP contribution is -2.20. The lowest BCUT2D eigenvalue weighted by atomic mass is 10.1. The van der Waals surface area contributed by atoms with E-state index in [1.54, 1.807) is 13.0 Å². The maximum Gasteiger partial charge on any atom is 0.423 e. The monoisotopic (exact) mass is 272 g/mol. The fourth-order valence-corrected chi connectivity index (χ4v) is 1.92. The fourth-order valence-electron chi connectivity index (χ4n) is 1.92. The predicted octanol–water partition coefficient (Wildman–Crippen LogP) is 3.52. The molecule has 102 valence electrons. The molecule has 3 nitrogen and oxygen atoms in total. The standard InChI is InChI=1S/C13H11F3O3/c1-3-18-8-4-5-9-7(2)11(13(14,15)16)12(17)19-10(9)6-8/h4-6H,3H2,1-2H3. The normalized spacial score (nSPS) is 11.8. The Hall–Kier alpha value is -1.98. The second-order valence-electron chi connectivity index (χ2n) is 3.98. The summed E-state index contributed by atoms with van der Waals surface area (Å²) in [6, 6.07) is 4.40. The Morgan fingerprint density at radius 2 is 2.00 bits per heavy atom. The average Bonchev–Trinajstić information content (AvgIpc) is 2.26. The Bertz CT molecular complexity index is 671. The molecule has 19 heavy (non-hydrogen) atoms. The smallest absolute Gasteiger partial charge is 0.423 e. The van der Waals surface area contributed by atoms with Gasteiger partial charge in [-0.15, -0.1) is 0 Å². The number of ether oxygens (including phenoxy) is 1. The molecular weight excluding hydrogens is 261 g/mol. The highest BCUT2D eigenvalue weighted by atomic mass is 19.4. The van der Waals surface area contributed by atoms with Crippen LogP contribution in [0.15, 0.2) is 27.4 Å². The highest BCUT2D eigenvalue weighted by Gasteiger charge is 2.37. The third-order valence-corrected chi connectivity index (χ3v) is 2.73. The lowest BCUT2D eigenvalue weighted by molar-refractivity contribution is -0.140. The van der Waals surface area contributed by atoms with Gasteiger partial charge in [-0.25, -0.2) is 4.79 Å². The minimum absolute atomic E-state index is 0.0847. The number of alkyl halides is 3. The Labute approximate surface area is 106 Å². The minimum atomic E-state index is -4.72. The van der Waals surface area contributed by atoms with Crippen molar-refractivity contribution in [1.82, 2.24) is 0 Å². The second-order valence-corrected chi connectivity index (χ2v) is 3.98. The molecule has 0 saturated carbocycles. The summed E-state index contributed by atoms with van der Waals surface area (Å²) >= 11 is 0. The zero-order chi connectivity index (χ0) is 14.2. The molecule has 2 aromatic rings. The molecule has 0 aliphatic heterocycles. The van der Waals surface area contributed by atoms with Gasteiger partial charge in [-0.05, 0) is 31.5 Å². The van der Waals surface area contributed by atoms with Crippen LogP contribution in [-0.2, 0) is 6.18 Å². The Morgan fingerprint density at radius 1 is 1.32 bits per heavy atom. The van der Waals surface area contributed by atoms with Crippen LogP contribution in [0, 0.1) is 6.92 Å². The Morgan fingerprint density at radius 3 is 2.58 bits per heavy atom. The van der Waals surface area contributed by atoms with Crippen molar-refractivity contribution in [3.63, 3.8) is 0 Å². The van der Waals surface area contributed by atoms with Gasteiger partial charge in [0.15, 0.2) is 0 Å². The van der Waals surface area contributed by atoms with Crippen molar-refractivity contribution in [2.75, 3.05) is 6.61 Å². The van der Waals surface area contributed by atoms with Crippen LogP contribution in [0.5, 0.6) is 5.75 Å². The van der Waals surface area contributed by atoms with Crippen LogP contribution in [0.1, 0.15) is 18.1 Å². The quantitative estimate of drug-likeness (QED) is 0.785. The molecule has 0 atom stereocenters. The fraction of sp³-hybridized carbons (Fsp3) is 0.308. The van der Waals surface area contributed by atoms with Gasteiger partial charge in [0.2, 0.25) is 0 Å². The van der Waals surface area contributed by atoms with E-state index >= 15 is 0 Å². The largest absolute Gasteiger partial charge is 0.494 e. The molecule has 0 aliphatic carbocycles. The topological polar surface area (TPSA) is 39.4 Å². The molecule has 0 N–H and O–H groups in total. The number of aryl methyl sites for hydroxylation is 1. The summed E-state index contributed by atoms with van der Waals surface area (Å²) in [4.78, 5) is 11.4.